The van der Waals surface area contributed by atoms with Gasteiger partial charge < -0.3 is 35.4 Å². The number of ether oxygens (including phenoxy) is 1. The van der Waals surface area contributed by atoms with Crippen LogP contribution in [-0.4, -0.2) is 81.4 Å². The fraction of sp³-hybridized carbons (Fsp3) is 0.957. The Kier molecular flexibility index (Phi) is 28.7. The van der Waals surface area contributed by atoms with Gasteiger partial charge in [0.2, 0.25) is 0 Å². The zero-order chi connectivity index (χ0) is 23.8. The third-order valence-corrected chi connectivity index (χ3v) is 5.81. The molecule has 0 atom stereocenters. The maximum Gasteiger partial charge on any atom is 1.00 e. The zero-order valence-electron chi connectivity index (χ0n) is 25.7. The van der Waals surface area contributed by atoms with Gasteiger partial charge in [-0.05, 0) is 88.9 Å². The molecule has 0 aromatic rings. The molecule has 195 valence electrons. The minimum absolute atomic E-state index is 0. The Morgan fingerprint density at radius 1 is 0.657 bits per heavy atom. The van der Waals surface area contributed by atoms with Crippen molar-refractivity contribution < 1.29 is 46.9 Å². The van der Waals surface area contributed by atoms with Crippen molar-refractivity contribution in [1.82, 2.24) is 0 Å². The molecule has 0 amide bonds. The van der Waals surface area contributed by atoms with E-state index in [0.717, 1.165) is 13.2 Å². The van der Waals surface area contributed by atoms with E-state index in [0.29, 0.717) is 0 Å². The van der Waals surface area contributed by atoms with Gasteiger partial charge in [-0.15, -0.1) is 0 Å². The molecule has 3 rings (SSSR count). The summed E-state index contributed by atoms with van der Waals surface area (Å²) in [5, 5.41) is 0. The van der Waals surface area contributed by atoms with Crippen LogP contribution in [0, 0.1) is 7.43 Å². The fourth-order valence-electron chi connectivity index (χ4n) is 2.71. The number of rotatable bonds is 2. The molecule has 6 nitrogen and oxygen atoms in total. The van der Waals surface area contributed by atoms with E-state index in [1.54, 1.807) is 0 Å². The topological polar surface area (TPSA) is 55.4 Å². The normalized spacial score (nSPS) is 21.4. The molecule has 0 aliphatic carbocycles. The van der Waals surface area contributed by atoms with Gasteiger partial charge in [0.15, 0.2) is 0 Å². The van der Waals surface area contributed by atoms with Gasteiger partial charge in [-0.1, -0.05) is 13.8 Å². The zero-order valence-corrected chi connectivity index (χ0v) is 25.7. The van der Waals surface area contributed by atoms with Crippen molar-refractivity contribution in [1.29, 1.82) is 0 Å². The van der Waals surface area contributed by atoms with Gasteiger partial charge in [0.05, 0.1) is 22.4 Å². The van der Waals surface area contributed by atoms with E-state index in [9.17, 15) is 0 Å². The van der Waals surface area contributed by atoms with Gasteiger partial charge in [0, 0.05) is 44.6 Å². The summed E-state index contributed by atoms with van der Waals surface area (Å²) in [5.74, 6) is 0. The maximum atomic E-state index is 5.63. The molecule has 3 aliphatic rings. The summed E-state index contributed by atoms with van der Waals surface area (Å²) in [4.78, 5) is 0. The van der Waals surface area contributed by atoms with Gasteiger partial charge >= 0.3 is 33.3 Å². The van der Waals surface area contributed by atoms with Crippen LogP contribution in [0.15, 0.2) is 0 Å². The van der Waals surface area contributed by atoms with Crippen LogP contribution in [-0.2, 0) is 28.0 Å². The van der Waals surface area contributed by atoms with Crippen molar-refractivity contribution in [3.8, 4) is 0 Å². The van der Waals surface area contributed by atoms with Crippen LogP contribution >= 0.6 is 0 Å². The second-order valence-corrected chi connectivity index (χ2v) is 9.87. The summed E-state index contributed by atoms with van der Waals surface area (Å²) >= 11 is 0. The summed E-state index contributed by atoms with van der Waals surface area (Å²) in [6, 6.07) is 0. The van der Waals surface area contributed by atoms with Crippen molar-refractivity contribution in [2.45, 2.75) is 131 Å². The maximum absolute atomic E-state index is 5.63. The minimum Gasteiger partial charge on any atom is -0.403 e. The third-order valence-electron chi connectivity index (χ3n) is 5.81. The van der Waals surface area contributed by atoms with E-state index >= 15 is 0 Å². The van der Waals surface area contributed by atoms with Gasteiger partial charge in [-0.3, -0.25) is 0 Å². The third kappa shape index (κ3) is 16.3. The molecule has 3 heterocycles. The average Bonchev–Trinajstić information content (AvgIpc) is 3.22. The van der Waals surface area contributed by atoms with Crippen LogP contribution in [0.25, 0.3) is 0 Å². The SMILES string of the molecule is C1CCOC1.CB1OC(C)(C)C(C)(C)O1.CC.CC(C)OB1OC(C)(C)C(C)(C)O1.[B].[B].[B].[CH3-].[Li+]. The molecule has 35 heavy (non-hydrogen) atoms. The summed E-state index contributed by atoms with van der Waals surface area (Å²) in [7, 11) is -0.588. The van der Waals surface area contributed by atoms with E-state index in [-0.39, 0.29) is 87.2 Å². The Labute approximate surface area is 238 Å². The monoisotopic (exact) mass is 485 g/mol. The molecule has 9 radical (unpaired) electrons. The van der Waals surface area contributed by atoms with E-state index in [1.807, 2.05) is 62.2 Å². The summed E-state index contributed by atoms with van der Waals surface area (Å²) in [6.45, 7) is 28.1. The Balaban J connectivity index is -0.0000000861. The van der Waals surface area contributed by atoms with Crippen LogP contribution < -0.4 is 18.9 Å². The van der Waals surface area contributed by atoms with Crippen molar-refractivity contribution in [3.63, 3.8) is 0 Å². The Morgan fingerprint density at radius 3 is 1.11 bits per heavy atom. The van der Waals surface area contributed by atoms with E-state index in [2.05, 4.69) is 27.7 Å². The van der Waals surface area contributed by atoms with Crippen molar-refractivity contribution in [2.75, 3.05) is 13.2 Å². The van der Waals surface area contributed by atoms with E-state index in [4.69, 9.17) is 28.0 Å². The first kappa shape index (κ1) is 48.7. The first-order valence-corrected chi connectivity index (χ1v) is 11.5. The smallest absolute Gasteiger partial charge is 0.403 e. The predicted octanol–water partition coefficient (Wildman–Crippen LogP) is 1.84. The molecule has 0 aromatic heterocycles. The van der Waals surface area contributed by atoms with Crippen molar-refractivity contribution >= 4 is 39.7 Å². The first-order chi connectivity index (χ1) is 13.6. The molecule has 0 saturated carbocycles. The predicted molar refractivity (Wildman–Crippen MR) is 149 cm³/mol. The largest absolute Gasteiger partial charge is 1.00 e. The summed E-state index contributed by atoms with van der Waals surface area (Å²) < 4.78 is 32.7. The molecule has 3 aliphatic heterocycles. The van der Waals surface area contributed by atoms with E-state index in [1.165, 1.54) is 12.8 Å². The van der Waals surface area contributed by atoms with Crippen LogP contribution in [0.2, 0.25) is 6.82 Å². The Bertz CT molecular complexity index is 453. The van der Waals surface area contributed by atoms with Gasteiger partial charge in [-0.2, -0.15) is 0 Å². The van der Waals surface area contributed by atoms with Crippen LogP contribution in [0.4, 0.5) is 0 Å². The Morgan fingerprint density at radius 2 is 0.943 bits per heavy atom. The molecule has 0 spiro atoms. The van der Waals surface area contributed by atoms with Crippen molar-refractivity contribution in [2.24, 2.45) is 0 Å². The average molecular weight is 485 g/mol. The van der Waals surface area contributed by atoms with Crippen LogP contribution in [0.5, 0.6) is 0 Å². The van der Waals surface area contributed by atoms with Gasteiger partial charge in [0.1, 0.15) is 0 Å². The van der Waals surface area contributed by atoms with Gasteiger partial charge in [0.25, 0.3) is 0 Å². The standard InChI is InChI=1S/C9H19BO3.C7H15BO2.C4H8O.C2H6.CH3.3B.Li/c1-7(2)11-10-12-8(3,4)9(5,6)13-10;1-6(2)7(3,4)10-8(5)9-6;1-2-4-5-3-1;1-2;;;;;/h7H,1-6H3;1-5H3;1-4H2;1-2H3;1H3;;;;/q;;;;-1;;;;+1. The molecule has 3 fully saturated rings. The molecule has 0 N–H and O–H groups in total. The number of hydrogen-bond acceptors (Lipinski definition) is 6. The Hall–Kier alpha value is 0.682. The molecule has 0 bridgehead atoms. The van der Waals surface area contributed by atoms with Gasteiger partial charge in [-0.25, -0.2) is 0 Å². The second kappa shape index (κ2) is 20.6. The first-order valence-electron chi connectivity index (χ1n) is 11.5. The molecule has 0 unspecified atom stereocenters. The van der Waals surface area contributed by atoms with Crippen LogP contribution in [0.3, 0.4) is 0 Å². The quantitative estimate of drug-likeness (QED) is 0.441. The number of hydrogen-bond donors (Lipinski definition) is 0. The molecule has 3 saturated heterocycles. The summed E-state index contributed by atoms with van der Waals surface area (Å²) in [6.07, 6.45) is 2.68. The fourth-order valence-corrected chi connectivity index (χ4v) is 2.71. The second-order valence-electron chi connectivity index (χ2n) is 9.87. The van der Waals surface area contributed by atoms with Crippen LogP contribution in [0.1, 0.15) is 95.9 Å². The molecule has 12 heteroatoms. The summed E-state index contributed by atoms with van der Waals surface area (Å²) in [5.41, 5.74) is -0.919. The molecular weight excluding hydrogens is 433 g/mol. The van der Waals surface area contributed by atoms with Crippen molar-refractivity contribution in [3.05, 3.63) is 7.43 Å². The van der Waals surface area contributed by atoms with E-state index < -0.39 is 7.32 Å². The molecule has 0 aromatic carbocycles. The minimum atomic E-state index is -0.523. The molecular formula is C23H51B5LiO6.